The molecule has 1 aliphatic heterocycles. The quantitative estimate of drug-likeness (QED) is 0.755. The summed E-state index contributed by atoms with van der Waals surface area (Å²) in [5.74, 6) is 0.242. The fourth-order valence-corrected chi connectivity index (χ4v) is 3.17. The minimum atomic E-state index is -0.461. The van der Waals surface area contributed by atoms with Crippen LogP contribution in [0, 0.1) is 0 Å². The van der Waals surface area contributed by atoms with Crippen molar-refractivity contribution >= 4 is 17.7 Å². The van der Waals surface area contributed by atoms with Crippen molar-refractivity contribution in [3.05, 3.63) is 29.8 Å². The van der Waals surface area contributed by atoms with Crippen LogP contribution in [-0.4, -0.2) is 48.8 Å². The first-order chi connectivity index (χ1) is 12.8. The van der Waals surface area contributed by atoms with Crippen LogP contribution in [0.15, 0.2) is 24.3 Å². The molecule has 6 nitrogen and oxygen atoms in total. The molecule has 0 unspecified atom stereocenters. The Balaban J connectivity index is 1.84. The average molecular weight is 376 g/mol. The summed E-state index contributed by atoms with van der Waals surface area (Å²) in [5, 5.41) is 3.28. The number of ether oxygens (including phenoxy) is 2. The molecule has 6 heteroatoms. The van der Waals surface area contributed by atoms with E-state index in [-0.39, 0.29) is 12.1 Å². The minimum Gasteiger partial charge on any atom is -0.466 e. The summed E-state index contributed by atoms with van der Waals surface area (Å²) in [5.41, 5.74) is 1.81. The van der Waals surface area contributed by atoms with Gasteiger partial charge in [-0.25, -0.2) is 4.79 Å². The molecule has 1 N–H and O–H groups in total. The zero-order valence-corrected chi connectivity index (χ0v) is 16.9. The molecule has 0 bridgehead atoms. The zero-order valence-electron chi connectivity index (χ0n) is 16.9. The lowest BCUT2D eigenvalue weighted by molar-refractivity contribution is -0.142. The van der Waals surface area contributed by atoms with Crippen LogP contribution < -0.4 is 5.32 Å². The van der Waals surface area contributed by atoms with E-state index in [1.165, 1.54) is 5.56 Å². The van der Waals surface area contributed by atoms with Gasteiger partial charge in [0.25, 0.3) is 0 Å². The predicted octanol–water partition coefficient (Wildman–Crippen LogP) is 4.17. The Kier molecular flexibility index (Phi) is 7.51. The first-order valence-electron chi connectivity index (χ1n) is 9.76. The summed E-state index contributed by atoms with van der Waals surface area (Å²) in [4.78, 5) is 25.4. The number of anilines is 1. The number of hydrogen-bond donors (Lipinski definition) is 1. The van der Waals surface area contributed by atoms with Crippen molar-refractivity contribution in [1.82, 2.24) is 4.90 Å². The Hall–Kier alpha value is -2.24. The van der Waals surface area contributed by atoms with Crippen molar-refractivity contribution in [2.75, 3.05) is 31.6 Å². The topological polar surface area (TPSA) is 67.9 Å². The lowest BCUT2D eigenvalue weighted by atomic mass is 9.89. The van der Waals surface area contributed by atoms with Gasteiger partial charge in [0.2, 0.25) is 0 Å². The number of hydrogen-bond acceptors (Lipinski definition) is 5. The highest BCUT2D eigenvalue weighted by Gasteiger charge is 2.27. The molecule has 1 aromatic carbocycles. The van der Waals surface area contributed by atoms with E-state index in [0.29, 0.717) is 38.6 Å². The van der Waals surface area contributed by atoms with Crippen molar-refractivity contribution in [2.45, 2.75) is 58.5 Å². The Morgan fingerprint density at radius 3 is 2.56 bits per heavy atom. The van der Waals surface area contributed by atoms with E-state index in [1.54, 1.807) is 4.90 Å². The van der Waals surface area contributed by atoms with Crippen LogP contribution in [0.4, 0.5) is 10.5 Å². The van der Waals surface area contributed by atoms with Gasteiger partial charge in [0.15, 0.2) is 0 Å². The number of benzene rings is 1. The molecule has 1 aromatic rings. The predicted molar refractivity (Wildman–Crippen MR) is 106 cm³/mol. The van der Waals surface area contributed by atoms with Gasteiger partial charge in [-0.15, -0.1) is 0 Å². The lowest BCUT2D eigenvalue weighted by Crippen LogP contribution is -2.41. The van der Waals surface area contributed by atoms with E-state index in [1.807, 2.05) is 39.8 Å². The highest BCUT2D eigenvalue weighted by atomic mass is 16.6. The first kappa shape index (κ1) is 21.1. The Labute approximate surface area is 162 Å². The summed E-state index contributed by atoms with van der Waals surface area (Å²) in [6.45, 7) is 9.85. The van der Waals surface area contributed by atoms with E-state index in [9.17, 15) is 9.59 Å². The van der Waals surface area contributed by atoms with Crippen molar-refractivity contribution in [1.29, 1.82) is 0 Å². The third-order valence-electron chi connectivity index (χ3n) is 4.47. The van der Waals surface area contributed by atoms with Crippen molar-refractivity contribution in [3.8, 4) is 0 Å². The van der Waals surface area contributed by atoms with E-state index < -0.39 is 5.60 Å². The number of carbonyl (C=O) groups excluding carboxylic acids is 2. The maximum Gasteiger partial charge on any atom is 0.410 e. The molecule has 0 radical (unpaired) electrons. The van der Waals surface area contributed by atoms with Gasteiger partial charge in [-0.3, -0.25) is 4.79 Å². The highest BCUT2D eigenvalue weighted by Crippen LogP contribution is 2.30. The molecule has 1 amide bonds. The second-order valence-corrected chi connectivity index (χ2v) is 7.85. The number of nitrogens with zero attached hydrogens (tertiary/aromatic N) is 1. The van der Waals surface area contributed by atoms with Crippen LogP contribution in [-0.2, 0) is 14.3 Å². The van der Waals surface area contributed by atoms with E-state index in [4.69, 9.17) is 9.47 Å². The lowest BCUT2D eigenvalue weighted by Gasteiger charge is -2.33. The SMILES string of the molecule is CCOC(=O)CCNc1cccc(C2CCN(C(=O)OC(C)(C)C)CC2)c1. The monoisotopic (exact) mass is 376 g/mol. The number of rotatable bonds is 6. The van der Waals surface area contributed by atoms with Crippen LogP contribution in [0.5, 0.6) is 0 Å². The Morgan fingerprint density at radius 1 is 1.22 bits per heavy atom. The molecule has 1 saturated heterocycles. The number of carbonyl (C=O) groups is 2. The zero-order chi connectivity index (χ0) is 19.9. The molecular weight excluding hydrogens is 344 g/mol. The Bertz CT molecular complexity index is 631. The van der Waals surface area contributed by atoms with Gasteiger partial charge in [-0.2, -0.15) is 0 Å². The summed E-state index contributed by atoms with van der Waals surface area (Å²) in [6, 6.07) is 8.30. The normalized spacial score (nSPS) is 15.3. The summed E-state index contributed by atoms with van der Waals surface area (Å²) in [7, 11) is 0. The van der Waals surface area contributed by atoms with Crippen molar-refractivity contribution in [3.63, 3.8) is 0 Å². The van der Waals surface area contributed by atoms with Gasteiger partial charge in [0, 0.05) is 25.3 Å². The van der Waals surface area contributed by atoms with Gasteiger partial charge in [-0.1, -0.05) is 12.1 Å². The molecule has 1 aliphatic rings. The standard InChI is InChI=1S/C21H32N2O4/c1-5-26-19(24)9-12-22-18-8-6-7-17(15-18)16-10-13-23(14-11-16)20(25)27-21(2,3)4/h6-8,15-16,22H,5,9-14H2,1-4H3. The maximum absolute atomic E-state index is 12.2. The van der Waals surface area contributed by atoms with E-state index >= 15 is 0 Å². The van der Waals surface area contributed by atoms with Crippen LogP contribution in [0.25, 0.3) is 0 Å². The molecule has 27 heavy (non-hydrogen) atoms. The van der Waals surface area contributed by atoms with Crippen LogP contribution >= 0.6 is 0 Å². The molecule has 2 rings (SSSR count). The first-order valence-corrected chi connectivity index (χ1v) is 9.76. The van der Waals surface area contributed by atoms with E-state index in [2.05, 4.69) is 17.4 Å². The summed E-state index contributed by atoms with van der Waals surface area (Å²) >= 11 is 0. The highest BCUT2D eigenvalue weighted by molar-refractivity contribution is 5.70. The fraction of sp³-hybridized carbons (Fsp3) is 0.619. The second-order valence-electron chi connectivity index (χ2n) is 7.85. The molecule has 0 spiro atoms. The van der Waals surface area contributed by atoms with Gasteiger partial charge >= 0.3 is 12.1 Å². The third-order valence-corrected chi connectivity index (χ3v) is 4.47. The number of esters is 1. The Morgan fingerprint density at radius 2 is 1.93 bits per heavy atom. The summed E-state index contributed by atoms with van der Waals surface area (Å²) in [6.07, 6.45) is 1.97. The smallest absolute Gasteiger partial charge is 0.410 e. The van der Waals surface area contributed by atoms with Crippen LogP contribution in [0.3, 0.4) is 0 Å². The molecule has 0 aromatic heterocycles. The van der Waals surface area contributed by atoms with Crippen LogP contribution in [0.2, 0.25) is 0 Å². The number of likely N-dealkylation sites (tertiary alicyclic amines) is 1. The van der Waals surface area contributed by atoms with Gasteiger partial charge in [0.1, 0.15) is 5.60 Å². The van der Waals surface area contributed by atoms with Crippen molar-refractivity contribution in [2.24, 2.45) is 0 Å². The molecule has 1 fully saturated rings. The van der Waals surface area contributed by atoms with Crippen LogP contribution in [0.1, 0.15) is 58.4 Å². The molecule has 1 heterocycles. The molecule has 0 atom stereocenters. The number of piperidine rings is 1. The largest absolute Gasteiger partial charge is 0.466 e. The van der Waals surface area contributed by atoms with Gasteiger partial charge < -0.3 is 19.7 Å². The summed E-state index contributed by atoms with van der Waals surface area (Å²) < 4.78 is 10.4. The molecule has 0 saturated carbocycles. The third kappa shape index (κ3) is 7.12. The number of amides is 1. The van der Waals surface area contributed by atoms with Gasteiger partial charge in [-0.05, 0) is 64.2 Å². The maximum atomic E-state index is 12.2. The minimum absolute atomic E-state index is 0.185. The fourth-order valence-electron chi connectivity index (χ4n) is 3.17. The van der Waals surface area contributed by atoms with Crippen molar-refractivity contribution < 1.29 is 19.1 Å². The van der Waals surface area contributed by atoms with Gasteiger partial charge in [0.05, 0.1) is 13.0 Å². The van der Waals surface area contributed by atoms with E-state index in [0.717, 1.165) is 18.5 Å². The second kappa shape index (κ2) is 9.62. The average Bonchev–Trinajstić information content (AvgIpc) is 2.61. The number of nitrogens with one attached hydrogen (secondary N) is 1. The molecule has 150 valence electrons. The molecule has 0 aliphatic carbocycles. The molecular formula is C21H32N2O4.